The van der Waals surface area contributed by atoms with Gasteiger partial charge in [0.15, 0.2) is 6.61 Å². The molecule has 0 radical (unpaired) electrons. The number of nitrogens with one attached hydrogen (secondary N) is 1. The van der Waals surface area contributed by atoms with Crippen molar-refractivity contribution in [3.05, 3.63) is 46.5 Å². The van der Waals surface area contributed by atoms with Gasteiger partial charge in [0.25, 0.3) is 5.91 Å². The van der Waals surface area contributed by atoms with Gasteiger partial charge >= 0.3 is 5.97 Å². The van der Waals surface area contributed by atoms with Gasteiger partial charge in [0.05, 0.1) is 12.1 Å². The van der Waals surface area contributed by atoms with Gasteiger partial charge in [-0.25, -0.2) is 9.78 Å². The van der Waals surface area contributed by atoms with E-state index < -0.39 is 11.9 Å². The number of rotatable bonds is 7. The lowest BCUT2D eigenvalue weighted by molar-refractivity contribution is -0.123. The number of terminal acetylenes is 1. The van der Waals surface area contributed by atoms with E-state index in [1.165, 1.54) is 0 Å². The second-order valence-electron chi connectivity index (χ2n) is 4.76. The Morgan fingerprint density at radius 3 is 2.92 bits per heavy atom. The Morgan fingerprint density at radius 1 is 1.42 bits per heavy atom. The van der Waals surface area contributed by atoms with Gasteiger partial charge in [-0.2, -0.15) is 0 Å². The average Bonchev–Trinajstić information content (AvgIpc) is 3.01. The lowest BCUT2D eigenvalue weighted by Crippen LogP contribution is -2.29. The quantitative estimate of drug-likeness (QED) is 0.467. The Morgan fingerprint density at radius 2 is 2.21 bits per heavy atom. The van der Waals surface area contributed by atoms with Gasteiger partial charge in [-0.15, -0.1) is 17.8 Å². The third-order valence-electron chi connectivity index (χ3n) is 2.91. The molecular formula is C17H16N2O3S2. The molecule has 24 heavy (non-hydrogen) atoms. The van der Waals surface area contributed by atoms with Crippen molar-refractivity contribution in [2.24, 2.45) is 0 Å². The van der Waals surface area contributed by atoms with Crippen molar-refractivity contribution in [2.45, 2.75) is 17.0 Å². The highest BCUT2D eigenvalue weighted by molar-refractivity contribution is 8.00. The van der Waals surface area contributed by atoms with E-state index >= 15 is 0 Å². The Balaban J connectivity index is 1.95. The summed E-state index contributed by atoms with van der Waals surface area (Å²) < 4.78 is 5.99. The topological polar surface area (TPSA) is 68.3 Å². The maximum atomic E-state index is 12.2. The fraction of sp³-hybridized carbons (Fsp3) is 0.235. The number of carbonyl (C=O) groups is 2. The zero-order valence-electron chi connectivity index (χ0n) is 13.1. The summed E-state index contributed by atoms with van der Waals surface area (Å²) in [6.45, 7) is 1.70. The Labute approximate surface area is 148 Å². The SMILES string of the molecule is C#CCNC(=O)COC(=O)c1ccccc1CSc1nc(C)cs1. The normalized spacial score (nSPS) is 10.0. The molecule has 1 N–H and O–H groups in total. The molecule has 1 aromatic heterocycles. The molecule has 0 saturated heterocycles. The third kappa shape index (κ3) is 5.41. The second-order valence-corrected chi connectivity index (χ2v) is 6.84. The van der Waals surface area contributed by atoms with Crippen LogP contribution in [0.5, 0.6) is 0 Å². The van der Waals surface area contributed by atoms with Gasteiger partial charge in [-0.1, -0.05) is 35.9 Å². The van der Waals surface area contributed by atoms with Gasteiger partial charge in [-0.05, 0) is 18.6 Å². The molecule has 0 spiro atoms. The standard InChI is InChI=1S/C17H16N2O3S2/c1-3-8-18-15(20)9-22-16(21)14-7-5-4-6-13(14)11-24-17-19-12(2)10-23-17/h1,4-7,10H,8-9,11H2,2H3,(H,18,20). The smallest absolute Gasteiger partial charge is 0.338 e. The largest absolute Gasteiger partial charge is 0.452 e. The van der Waals surface area contributed by atoms with Gasteiger partial charge in [-0.3, -0.25) is 4.79 Å². The monoisotopic (exact) mass is 360 g/mol. The summed E-state index contributed by atoms with van der Waals surface area (Å²) in [6.07, 6.45) is 5.05. The summed E-state index contributed by atoms with van der Waals surface area (Å²) in [5.74, 6) is 1.92. The van der Waals surface area contributed by atoms with Gasteiger partial charge in [0.2, 0.25) is 0 Å². The van der Waals surface area contributed by atoms with E-state index in [4.69, 9.17) is 11.2 Å². The van der Waals surface area contributed by atoms with Gasteiger partial charge in [0, 0.05) is 16.8 Å². The maximum Gasteiger partial charge on any atom is 0.338 e. The van der Waals surface area contributed by atoms with Crippen LogP contribution in [0.4, 0.5) is 0 Å². The number of hydrogen-bond donors (Lipinski definition) is 1. The molecule has 124 valence electrons. The number of amides is 1. The van der Waals surface area contributed by atoms with Crippen molar-refractivity contribution < 1.29 is 14.3 Å². The fourth-order valence-electron chi connectivity index (χ4n) is 1.79. The van der Waals surface area contributed by atoms with E-state index in [1.54, 1.807) is 35.2 Å². The number of thiazole rings is 1. The number of nitrogens with zero attached hydrogens (tertiary/aromatic N) is 1. The number of thioether (sulfide) groups is 1. The number of aromatic nitrogens is 1. The van der Waals surface area contributed by atoms with Crippen molar-refractivity contribution in [1.29, 1.82) is 0 Å². The highest BCUT2D eigenvalue weighted by Gasteiger charge is 2.14. The molecule has 7 heteroatoms. The van der Waals surface area contributed by atoms with E-state index in [0.717, 1.165) is 15.6 Å². The average molecular weight is 360 g/mol. The molecule has 0 aliphatic carbocycles. The summed E-state index contributed by atoms with van der Waals surface area (Å²) in [4.78, 5) is 28.0. The number of aryl methyl sites for hydroxylation is 1. The minimum atomic E-state index is -0.530. The first-order chi connectivity index (χ1) is 11.6. The zero-order valence-corrected chi connectivity index (χ0v) is 14.7. The number of ether oxygens (including phenoxy) is 1. The van der Waals surface area contributed by atoms with Crippen LogP contribution >= 0.6 is 23.1 Å². The van der Waals surface area contributed by atoms with Crippen molar-refractivity contribution in [2.75, 3.05) is 13.2 Å². The lowest BCUT2D eigenvalue weighted by atomic mass is 10.1. The first kappa shape index (κ1) is 18.0. The molecule has 0 saturated carbocycles. The van der Waals surface area contributed by atoms with E-state index in [0.29, 0.717) is 11.3 Å². The summed E-state index contributed by atoms with van der Waals surface area (Å²) in [5.41, 5.74) is 2.26. The minimum absolute atomic E-state index is 0.108. The molecule has 2 aromatic rings. The first-order valence-electron chi connectivity index (χ1n) is 7.10. The van der Waals surface area contributed by atoms with E-state index in [2.05, 4.69) is 16.2 Å². The number of esters is 1. The van der Waals surface area contributed by atoms with Crippen LogP contribution in [0.25, 0.3) is 0 Å². The first-order valence-corrected chi connectivity index (χ1v) is 8.97. The van der Waals surface area contributed by atoms with Crippen LogP contribution in [0.15, 0.2) is 34.0 Å². The molecule has 0 aliphatic rings. The van der Waals surface area contributed by atoms with Crippen molar-refractivity contribution in [3.63, 3.8) is 0 Å². The zero-order chi connectivity index (χ0) is 17.4. The minimum Gasteiger partial charge on any atom is -0.452 e. The predicted molar refractivity (Wildman–Crippen MR) is 95.0 cm³/mol. The molecule has 0 bridgehead atoms. The molecule has 1 heterocycles. The number of carbonyl (C=O) groups excluding carboxylic acids is 2. The maximum absolute atomic E-state index is 12.2. The molecule has 0 aliphatic heterocycles. The van der Waals surface area contributed by atoms with Crippen LogP contribution in [0.2, 0.25) is 0 Å². The second kappa shape index (κ2) is 9.11. The van der Waals surface area contributed by atoms with E-state index in [1.807, 2.05) is 24.4 Å². The van der Waals surface area contributed by atoms with Crippen molar-refractivity contribution in [1.82, 2.24) is 10.3 Å². The van der Waals surface area contributed by atoms with Crippen molar-refractivity contribution in [3.8, 4) is 12.3 Å². The molecule has 0 fully saturated rings. The lowest BCUT2D eigenvalue weighted by Gasteiger charge is -2.09. The number of benzene rings is 1. The fourth-order valence-corrected chi connectivity index (χ4v) is 3.65. The van der Waals surface area contributed by atoms with E-state index in [-0.39, 0.29) is 13.2 Å². The summed E-state index contributed by atoms with van der Waals surface area (Å²) >= 11 is 3.13. The van der Waals surface area contributed by atoms with Crippen LogP contribution in [-0.2, 0) is 15.3 Å². The van der Waals surface area contributed by atoms with E-state index in [9.17, 15) is 9.59 Å². The molecule has 1 amide bonds. The molecule has 5 nitrogen and oxygen atoms in total. The van der Waals surface area contributed by atoms with Crippen LogP contribution in [0.1, 0.15) is 21.6 Å². The third-order valence-corrected chi connectivity index (χ3v) is 5.10. The number of hydrogen-bond acceptors (Lipinski definition) is 6. The molecule has 2 rings (SSSR count). The Kier molecular flexibility index (Phi) is 6.85. The van der Waals surface area contributed by atoms with Crippen LogP contribution < -0.4 is 5.32 Å². The predicted octanol–water partition coefficient (Wildman–Crippen LogP) is 2.65. The van der Waals surface area contributed by atoms with Gasteiger partial charge in [0.1, 0.15) is 4.34 Å². The highest BCUT2D eigenvalue weighted by atomic mass is 32.2. The van der Waals surface area contributed by atoms with Gasteiger partial charge < -0.3 is 10.1 Å². The molecule has 1 aromatic carbocycles. The van der Waals surface area contributed by atoms with Crippen LogP contribution in [0, 0.1) is 19.3 Å². The Bertz CT molecular complexity index is 765. The Hall–Kier alpha value is -2.30. The summed E-state index contributed by atoms with van der Waals surface area (Å²) in [7, 11) is 0. The van der Waals surface area contributed by atoms with Crippen molar-refractivity contribution >= 4 is 35.0 Å². The molecule has 0 atom stereocenters. The summed E-state index contributed by atoms with van der Waals surface area (Å²) in [6, 6.07) is 7.17. The van der Waals surface area contributed by atoms with Crippen LogP contribution in [0.3, 0.4) is 0 Å². The molecular weight excluding hydrogens is 344 g/mol. The van der Waals surface area contributed by atoms with Crippen LogP contribution in [-0.4, -0.2) is 30.0 Å². The highest BCUT2D eigenvalue weighted by Crippen LogP contribution is 2.27. The summed E-state index contributed by atoms with van der Waals surface area (Å²) in [5, 5.41) is 4.42. The molecule has 0 unspecified atom stereocenters.